The van der Waals surface area contributed by atoms with Crippen molar-refractivity contribution < 1.29 is 14.3 Å². The lowest BCUT2D eigenvalue weighted by Crippen LogP contribution is -2.29. The first kappa shape index (κ1) is 19.1. The van der Waals surface area contributed by atoms with Crippen LogP contribution in [0, 0.1) is 0 Å². The molecule has 1 aliphatic rings. The summed E-state index contributed by atoms with van der Waals surface area (Å²) in [4.78, 5) is 21.1. The van der Waals surface area contributed by atoms with E-state index in [0.717, 1.165) is 34.7 Å². The fourth-order valence-electron chi connectivity index (χ4n) is 3.11. The van der Waals surface area contributed by atoms with E-state index < -0.39 is 0 Å². The Morgan fingerprint density at radius 1 is 1.28 bits per heavy atom. The molecule has 3 heterocycles. The van der Waals surface area contributed by atoms with Gasteiger partial charge in [0.2, 0.25) is 0 Å². The number of pyridine rings is 1. The van der Waals surface area contributed by atoms with Crippen molar-refractivity contribution in [3.05, 3.63) is 64.2 Å². The third kappa shape index (κ3) is 4.46. The number of methoxy groups -OCH3 is 1. The van der Waals surface area contributed by atoms with Crippen LogP contribution >= 0.6 is 11.3 Å². The minimum Gasteiger partial charge on any atom is -0.493 e. The first-order valence-corrected chi connectivity index (χ1v) is 10.3. The number of ether oxygens (including phenoxy) is 2. The van der Waals surface area contributed by atoms with Crippen LogP contribution in [-0.2, 0) is 11.2 Å². The molecule has 3 aromatic rings. The molecule has 1 N–H and O–H groups in total. The van der Waals surface area contributed by atoms with Crippen LogP contribution in [0.1, 0.15) is 17.0 Å². The van der Waals surface area contributed by atoms with Gasteiger partial charge in [-0.3, -0.25) is 9.78 Å². The summed E-state index contributed by atoms with van der Waals surface area (Å²) in [7, 11) is 1.60. The van der Waals surface area contributed by atoms with Gasteiger partial charge in [-0.1, -0.05) is 12.1 Å². The Kier molecular flexibility index (Phi) is 5.86. The van der Waals surface area contributed by atoms with E-state index in [4.69, 9.17) is 9.47 Å². The molecule has 1 amide bonds. The molecule has 0 saturated heterocycles. The molecule has 0 atom stereocenters. The number of hydrogen-bond acceptors (Lipinski definition) is 6. The molecule has 0 saturated carbocycles. The highest BCUT2D eigenvalue weighted by molar-refractivity contribution is 7.09. The van der Waals surface area contributed by atoms with E-state index in [9.17, 15) is 4.79 Å². The molecule has 0 unspecified atom stereocenters. The van der Waals surface area contributed by atoms with Crippen molar-refractivity contribution in [2.45, 2.75) is 12.8 Å². The monoisotopic (exact) mass is 407 g/mol. The Morgan fingerprint density at radius 3 is 2.97 bits per heavy atom. The number of nitrogens with zero attached hydrogens (tertiary/aromatic N) is 2. The molecule has 0 aliphatic carbocycles. The Morgan fingerprint density at radius 2 is 2.14 bits per heavy atom. The predicted molar refractivity (Wildman–Crippen MR) is 113 cm³/mol. The predicted octanol–water partition coefficient (Wildman–Crippen LogP) is 3.74. The summed E-state index contributed by atoms with van der Waals surface area (Å²) in [5, 5.41) is 6.09. The van der Waals surface area contributed by atoms with Gasteiger partial charge in [-0.15, -0.1) is 11.3 Å². The Bertz CT molecular complexity index is 1030. The summed E-state index contributed by atoms with van der Waals surface area (Å²) >= 11 is 1.64. The highest BCUT2D eigenvalue weighted by Crippen LogP contribution is 2.35. The Hall–Kier alpha value is -3.19. The van der Waals surface area contributed by atoms with Gasteiger partial charge in [0.25, 0.3) is 5.91 Å². The third-order valence-electron chi connectivity index (χ3n) is 4.60. The quantitative estimate of drug-likeness (QED) is 0.604. The second-order valence-electron chi connectivity index (χ2n) is 6.56. The van der Waals surface area contributed by atoms with Crippen LogP contribution in [0.25, 0.3) is 17.3 Å². The van der Waals surface area contributed by atoms with Gasteiger partial charge in [0.1, 0.15) is 6.61 Å². The van der Waals surface area contributed by atoms with Gasteiger partial charge in [-0.2, -0.15) is 0 Å². The van der Waals surface area contributed by atoms with E-state index in [0.29, 0.717) is 23.6 Å². The molecule has 0 radical (unpaired) electrons. The molecule has 1 aromatic carbocycles. The van der Waals surface area contributed by atoms with Crippen LogP contribution in [-0.4, -0.2) is 36.1 Å². The number of fused-ring (bicyclic) bond motifs is 1. The number of benzene rings is 1. The Labute approximate surface area is 173 Å². The smallest absolute Gasteiger partial charge is 0.250 e. The number of aryl methyl sites for hydroxylation is 1. The summed E-state index contributed by atoms with van der Waals surface area (Å²) in [5.41, 5.74) is 3.50. The largest absolute Gasteiger partial charge is 0.493 e. The molecule has 2 aromatic heterocycles. The number of hydrogen-bond donors (Lipinski definition) is 1. The van der Waals surface area contributed by atoms with Gasteiger partial charge < -0.3 is 14.8 Å². The van der Waals surface area contributed by atoms with Crippen molar-refractivity contribution in [3.63, 3.8) is 0 Å². The number of aromatic nitrogens is 2. The van der Waals surface area contributed by atoms with Crippen molar-refractivity contribution in [1.82, 2.24) is 15.3 Å². The maximum absolute atomic E-state index is 12.5. The second kappa shape index (κ2) is 8.87. The van der Waals surface area contributed by atoms with E-state index in [1.807, 2.05) is 36.4 Å². The zero-order valence-corrected chi connectivity index (χ0v) is 16.9. The lowest BCUT2D eigenvalue weighted by Gasteiger charge is -2.19. The summed E-state index contributed by atoms with van der Waals surface area (Å²) in [6.07, 6.45) is 7.04. The molecule has 29 heavy (non-hydrogen) atoms. The molecule has 0 spiro atoms. The standard InChI is InChI=1S/C22H21N3O3S/c1-27-19-5-2-4-16-12-17(13-28-21(16)19)22(26)24-9-3-6-20-25-18(14-29-20)15-7-10-23-11-8-15/h2,4-5,7-8,10-12,14H,3,6,9,13H2,1H3,(H,24,26). The minimum atomic E-state index is -0.102. The SMILES string of the molecule is COc1cccc2c1OCC(C(=O)NCCCc1nc(-c3ccncc3)cs1)=C2. The number of carbonyl (C=O) groups is 1. The van der Waals surface area contributed by atoms with E-state index in [-0.39, 0.29) is 12.5 Å². The van der Waals surface area contributed by atoms with Gasteiger partial charge >= 0.3 is 0 Å². The van der Waals surface area contributed by atoms with Gasteiger partial charge in [-0.05, 0) is 30.7 Å². The first-order chi connectivity index (χ1) is 14.2. The summed E-state index contributed by atoms with van der Waals surface area (Å²) in [6, 6.07) is 9.54. The zero-order valence-electron chi connectivity index (χ0n) is 16.1. The number of para-hydroxylation sites is 1. The second-order valence-corrected chi connectivity index (χ2v) is 7.50. The highest BCUT2D eigenvalue weighted by Gasteiger charge is 2.19. The van der Waals surface area contributed by atoms with Crippen molar-refractivity contribution in [2.24, 2.45) is 0 Å². The lowest BCUT2D eigenvalue weighted by atomic mass is 10.1. The van der Waals surface area contributed by atoms with Gasteiger partial charge in [0.15, 0.2) is 11.5 Å². The normalized spacial score (nSPS) is 12.5. The van der Waals surface area contributed by atoms with E-state index >= 15 is 0 Å². The maximum atomic E-state index is 12.5. The van der Waals surface area contributed by atoms with Crippen LogP contribution in [0.5, 0.6) is 11.5 Å². The van der Waals surface area contributed by atoms with Crippen molar-refractivity contribution in [3.8, 4) is 22.8 Å². The van der Waals surface area contributed by atoms with E-state index in [1.54, 1.807) is 30.8 Å². The number of thiazole rings is 1. The Balaban J connectivity index is 1.29. The number of nitrogens with one attached hydrogen (secondary N) is 1. The topological polar surface area (TPSA) is 73.3 Å². The molecule has 0 bridgehead atoms. The van der Waals surface area contributed by atoms with Crippen LogP contribution in [0.3, 0.4) is 0 Å². The van der Waals surface area contributed by atoms with Gasteiger partial charge in [0.05, 0.1) is 23.4 Å². The summed E-state index contributed by atoms with van der Waals surface area (Å²) in [5.74, 6) is 1.25. The molecule has 1 aliphatic heterocycles. The van der Waals surface area contributed by atoms with Crippen LogP contribution in [0.2, 0.25) is 0 Å². The summed E-state index contributed by atoms with van der Waals surface area (Å²) in [6.45, 7) is 0.826. The highest BCUT2D eigenvalue weighted by atomic mass is 32.1. The number of rotatable bonds is 7. The van der Waals surface area contributed by atoms with E-state index in [1.165, 1.54) is 0 Å². The molecule has 6 nitrogen and oxygen atoms in total. The van der Waals surface area contributed by atoms with Crippen molar-refractivity contribution in [2.75, 3.05) is 20.3 Å². The van der Waals surface area contributed by atoms with Crippen LogP contribution in [0.4, 0.5) is 0 Å². The lowest BCUT2D eigenvalue weighted by molar-refractivity contribution is -0.117. The molecule has 7 heteroatoms. The average molecular weight is 407 g/mol. The third-order valence-corrected chi connectivity index (χ3v) is 5.51. The van der Waals surface area contributed by atoms with Crippen LogP contribution in [0.15, 0.2) is 53.7 Å². The fraction of sp³-hybridized carbons (Fsp3) is 0.227. The molecular weight excluding hydrogens is 386 g/mol. The molecule has 148 valence electrons. The summed E-state index contributed by atoms with van der Waals surface area (Å²) < 4.78 is 11.0. The minimum absolute atomic E-state index is 0.102. The zero-order chi connectivity index (χ0) is 20.1. The maximum Gasteiger partial charge on any atom is 0.250 e. The van der Waals surface area contributed by atoms with Gasteiger partial charge in [0, 0.05) is 41.9 Å². The van der Waals surface area contributed by atoms with Crippen molar-refractivity contribution in [1.29, 1.82) is 0 Å². The van der Waals surface area contributed by atoms with Gasteiger partial charge in [-0.25, -0.2) is 4.98 Å². The van der Waals surface area contributed by atoms with Crippen molar-refractivity contribution >= 4 is 23.3 Å². The van der Waals surface area contributed by atoms with Crippen LogP contribution < -0.4 is 14.8 Å². The first-order valence-electron chi connectivity index (χ1n) is 9.38. The molecular formula is C22H21N3O3S. The fourth-order valence-corrected chi connectivity index (χ4v) is 3.96. The van der Waals surface area contributed by atoms with E-state index in [2.05, 4.69) is 20.7 Å². The average Bonchev–Trinajstić information content (AvgIpc) is 3.25. The number of carbonyl (C=O) groups excluding carboxylic acids is 1. The molecule has 0 fully saturated rings. The molecule has 4 rings (SSSR count). The number of amides is 1.